The molecule has 0 saturated carbocycles. The van der Waals surface area contributed by atoms with Crippen LogP contribution in [0.3, 0.4) is 0 Å². The molecule has 0 bridgehead atoms. The third kappa shape index (κ3) is 3.94. The Balaban J connectivity index is 0.000000149. The summed E-state index contributed by atoms with van der Waals surface area (Å²) in [6.07, 6.45) is 1.60. The van der Waals surface area contributed by atoms with Crippen molar-refractivity contribution in [2.24, 2.45) is 0 Å². The van der Waals surface area contributed by atoms with Crippen LogP contribution in [0.15, 0.2) is 29.2 Å². The summed E-state index contributed by atoms with van der Waals surface area (Å²) in [5.74, 6) is 0. The van der Waals surface area contributed by atoms with Crippen LogP contribution in [-0.2, 0) is 4.74 Å². The van der Waals surface area contributed by atoms with E-state index in [9.17, 15) is 4.79 Å². The predicted molar refractivity (Wildman–Crippen MR) is 70.7 cm³/mol. The average Bonchev–Trinajstić information content (AvgIpc) is 2.28. The molecule has 1 aromatic rings. The SMILES string of the molecule is CC1CN(C2COC2)CCN1.O=c1cccc[nH]1. The molecule has 0 amide bonds. The van der Waals surface area contributed by atoms with Gasteiger partial charge in [0.1, 0.15) is 0 Å². The van der Waals surface area contributed by atoms with Crippen LogP contribution >= 0.6 is 0 Å². The molecule has 2 saturated heterocycles. The van der Waals surface area contributed by atoms with E-state index in [1.54, 1.807) is 18.3 Å². The minimum absolute atomic E-state index is 0.0532. The molecule has 1 atom stereocenters. The molecule has 1 aromatic heterocycles. The average molecular weight is 251 g/mol. The maximum absolute atomic E-state index is 10.2. The van der Waals surface area contributed by atoms with Gasteiger partial charge in [-0.25, -0.2) is 0 Å². The Bertz CT molecular complexity index is 386. The standard InChI is InChI=1S/C8H16N2O.C5H5NO/c1-7-4-10(3-2-9-7)8-5-11-6-8;7-5-3-1-2-4-6-5/h7-9H,2-6H2,1H3;1-4H,(H,6,7). The highest BCUT2D eigenvalue weighted by molar-refractivity contribution is 4.89. The largest absolute Gasteiger partial charge is 0.378 e. The van der Waals surface area contributed by atoms with E-state index >= 15 is 0 Å². The molecule has 5 heteroatoms. The summed E-state index contributed by atoms with van der Waals surface area (Å²) in [5, 5.41) is 3.43. The van der Waals surface area contributed by atoms with E-state index in [-0.39, 0.29) is 5.56 Å². The number of piperazine rings is 1. The number of hydrogen-bond acceptors (Lipinski definition) is 4. The lowest BCUT2D eigenvalue weighted by Crippen LogP contribution is -2.58. The zero-order valence-corrected chi connectivity index (χ0v) is 10.8. The van der Waals surface area contributed by atoms with E-state index < -0.39 is 0 Å². The van der Waals surface area contributed by atoms with Crippen molar-refractivity contribution in [3.63, 3.8) is 0 Å². The quantitative estimate of drug-likeness (QED) is 0.741. The molecule has 100 valence electrons. The number of aromatic nitrogens is 1. The molecule has 2 aliphatic heterocycles. The molecule has 5 nitrogen and oxygen atoms in total. The van der Waals surface area contributed by atoms with Gasteiger partial charge in [0.25, 0.3) is 0 Å². The zero-order chi connectivity index (χ0) is 12.8. The highest BCUT2D eigenvalue weighted by Crippen LogP contribution is 2.12. The Hall–Kier alpha value is -1.17. The van der Waals surface area contributed by atoms with Gasteiger partial charge in [-0.2, -0.15) is 0 Å². The number of nitrogens with zero attached hydrogens (tertiary/aromatic N) is 1. The fourth-order valence-electron chi connectivity index (χ4n) is 2.10. The zero-order valence-electron chi connectivity index (χ0n) is 10.8. The Morgan fingerprint density at radius 3 is 2.67 bits per heavy atom. The number of rotatable bonds is 1. The van der Waals surface area contributed by atoms with Crippen LogP contribution in [0, 0.1) is 0 Å². The van der Waals surface area contributed by atoms with Crippen LogP contribution in [0.4, 0.5) is 0 Å². The van der Waals surface area contributed by atoms with Crippen molar-refractivity contribution in [2.45, 2.75) is 19.0 Å². The van der Waals surface area contributed by atoms with Crippen LogP contribution in [-0.4, -0.2) is 54.8 Å². The molecule has 0 aromatic carbocycles. The second-order valence-electron chi connectivity index (χ2n) is 4.77. The van der Waals surface area contributed by atoms with E-state index in [0.29, 0.717) is 6.04 Å². The van der Waals surface area contributed by atoms with Gasteiger partial charge < -0.3 is 15.0 Å². The first-order valence-electron chi connectivity index (χ1n) is 6.44. The maximum Gasteiger partial charge on any atom is 0.247 e. The summed E-state index contributed by atoms with van der Waals surface area (Å²) in [4.78, 5) is 15.2. The Kier molecular flexibility index (Phi) is 4.92. The van der Waals surface area contributed by atoms with Gasteiger partial charge in [0.2, 0.25) is 5.56 Å². The van der Waals surface area contributed by atoms with Crippen molar-refractivity contribution in [1.29, 1.82) is 0 Å². The number of nitrogens with one attached hydrogen (secondary N) is 2. The number of ether oxygens (including phenoxy) is 1. The van der Waals surface area contributed by atoms with Gasteiger partial charge in [-0.3, -0.25) is 9.69 Å². The number of hydrogen-bond donors (Lipinski definition) is 2. The topological polar surface area (TPSA) is 57.4 Å². The Labute approximate surface area is 107 Å². The first-order chi connectivity index (χ1) is 8.75. The third-order valence-electron chi connectivity index (χ3n) is 3.22. The van der Waals surface area contributed by atoms with E-state index in [1.165, 1.54) is 19.2 Å². The van der Waals surface area contributed by atoms with Crippen LogP contribution in [0.5, 0.6) is 0 Å². The molecule has 0 spiro atoms. The molecule has 2 N–H and O–H groups in total. The maximum atomic E-state index is 10.2. The number of pyridine rings is 1. The first kappa shape index (κ1) is 13.3. The van der Waals surface area contributed by atoms with Crippen molar-refractivity contribution in [3.8, 4) is 0 Å². The van der Waals surface area contributed by atoms with Gasteiger partial charge in [0.15, 0.2) is 0 Å². The molecule has 18 heavy (non-hydrogen) atoms. The fourth-order valence-corrected chi connectivity index (χ4v) is 2.10. The summed E-state index contributed by atoms with van der Waals surface area (Å²) >= 11 is 0. The fraction of sp³-hybridized carbons (Fsp3) is 0.615. The van der Waals surface area contributed by atoms with Crippen molar-refractivity contribution in [2.75, 3.05) is 32.8 Å². The minimum Gasteiger partial charge on any atom is -0.378 e. The molecule has 3 rings (SSSR count). The summed E-state index contributed by atoms with van der Waals surface area (Å²) in [6.45, 7) is 7.66. The lowest BCUT2D eigenvalue weighted by atomic mass is 10.1. The van der Waals surface area contributed by atoms with E-state index in [0.717, 1.165) is 25.8 Å². The third-order valence-corrected chi connectivity index (χ3v) is 3.22. The summed E-state index contributed by atoms with van der Waals surface area (Å²) in [5.41, 5.74) is -0.0532. The Morgan fingerprint density at radius 1 is 1.39 bits per heavy atom. The van der Waals surface area contributed by atoms with Gasteiger partial charge >= 0.3 is 0 Å². The van der Waals surface area contributed by atoms with E-state index in [4.69, 9.17) is 4.74 Å². The van der Waals surface area contributed by atoms with Crippen LogP contribution in [0.25, 0.3) is 0 Å². The molecule has 2 aliphatic rings. The normalized spacial score (nSPS) is 24.8. The first-order valence-corrected chi connectivity index (χ1v) is 6.44. The molecule has 3 heterocycles. The minimum atomic E-state index is -0.0532. The van der Waals surface area contributed by atoms with Crippen LogP contribution in [0.1, 0.15) is 6.92 Å². The molecule has 2 fully saturated rings. The molecule has 0 radical (unpaired) electrons. The van der Waals surface area contributed by atoms with E-state index in [1.807, 2.05) is 0 Å². The predicted octanol–water partition coefficient (Wildman–Crippen LogP) is 0.0538. The lowest BCUT2D eigenvalue weighted by molar-refractivity contribution is -0.0714. The lowest BCUT2D eigenvalue weighted by Gasteiger charge is -2.41. The smallest absolute Gasteiger partial charge is 0.247 e. The van der Waals surface area contributed by atoms with Gasteiger partial charge in [0.05, 0.1) is 19.3 Å². The van der Waals surface area contributed by atoms with Gasteiger partial charge in [-0.1, -0.05) is 6.07 Å². The second kappa shape index (κ2) is 6.68. The molecule has 0 aliphatic carbocycles. The van der Waals surface area contributed by atoms with Crippen LogP contribution in [0.2, 0.25) is 0 Å². The highest BCUT2D eigenvalue weighted by Gasteiger charge is 2.28. The van der Waals surface area contributed by atoms with Crippen molar-refractivity contribution >= 4 is 0 Å². The van der Waals surface area contributed by atoms with Crippen LogP contribution < -0.4 is 10.9 Å². The summed E-state index contributed by atoms with van der Waals surface area (Å²) < 4.78 is 5.16. The van der Waals surface area contributed by atoms with Crippen molar-refractivity contribution in [3.05, 3.63) is 34.7 Å². The van der Waals surface area contributed by atoms with Gasteiger partial charge in [-0.15, -0.1) is 0 Å². The van der Waals surface area contributed by atoms with Gasteiger partial charge in [0, 0.05) is 37.9 Å². The van der Waals surface area contributed by atoms with E-state index in [2.05, 4.69) is 22.1 Å². The monoisotopic (exact) mass is 251 g/mol. The molecular formula is C13H21N3O2. The number of H-pyrrole nitrogens is 1. The highest BCUT2D eigenvalue weighted by atomic mass is 16.5. The number of aromatic amines is 1. The summed E-state index contributed by atoms with van der Waals surface area (Å²) in [7, 11) is 0. The Morgan fingerprint density at radius 2 is 2.22 bits per heavy atom. The van der Waals surface area contributed by atoms with Gasteiger partial charge in [-0.05, 0) is 13.0 Å². The van der Waals surface area contributed by atoms with Crippen molar-refractivity contribution < 1.29 is 4.74 Å². The van der Waals surface area contributed by atoms with Crippen molar-refractivity contribution in [1.82, 2.24) is 15.2 Å². The second-order valence-corrected chi connectivity index (χ2v) is 4.77. The molecular weight excluding hydrogens is 230 g/mol. The summed E-state index contributed by atoms with van der Waals surface area (Å²) in [6, 6.07) is 6.31. The molecule has 1 unspecified atom stereocenters.